The van der Waals surface area contributed by atoms with Crippen molar-refractivity contribution in [1.82, 2.24) is 30.0 Å². The van der Waals surface area contributed by atoms with Crippen LogP contribution in [0.15, 0.2) is 36.7 Å². The highest BCUT2D eigenvalue weighted by Gasteiger charge is 2.26. The van der Waals surface area contributed by atoms with Crippen molar-refractivity contribution >= 4 is 17.3 Å². The number of ether oxygens (including phenoxy) is 2. The van der Waals surface area contributed by atoms with Crippen LogP contribution in [0.2, 0.25) is 0 Å². The van der Waals surface area contributed by atoms with Gasteiger partial charge in [0.2, 0.25) is 0 Å². The summed E-state index contributed by atoms with van der Waals surface area (Å²) < 4.78 is 13.1. The number of aromatic nitrogens is 5. The summed E-state index contributed by atoms with van der Waals surface area (Å²) in [7, 11) is 0. The van der Waals surface area contributed by atoms with Crippen LogP contribution in [0, 0.1) is 6.92 Å². The molecule has 1 aliphatic heterocycles. The van der Waals surface area contributed by atoms with Crippen LogP contribution < -0.4 is 5.32 Å². The van der Waals surface area contributed by atoms with Crippen molar-refractivity contribution in [2.75, 3.05) is 13.2 Å². The van der Waals surface area contributed by atoms with Crippen LogP contribution in [-0.2, 0) is 15.9 Å². The smallest absolute Gasteiger partial charge is 0.408 e. The van der Waals surface area contributed by atoms with Crippen molar-refractivity contribution in [3.63, 3.8) is 0 Å². The molecule has 0 bridgehead atoms. The predicted octanol–water partition coefficient (Wildman–Crippen LogP) is 6.05. The number of aromatic amines is 1. The van der Waals surface area contributed by atoms with Crippen molar-refractivity contribution in [3.05, 3.63) is 53.5 Å². The van der Waals surface area contributed by atoms with E-state index in [1.807, 2.05) is 40.0 Å². The average molecular weight is 529 g/mol. The quantitative estimate of drug-likeness (QED) is 0.334. The first-order valence-electron chi connectivity index (χ1n) is 13.9. The van der Waals surface area contributed by atoms with Crippen LogP contribution in [-0.4, -0.2) is 49.6 Å². The lowest BCUT2D eigenvalue weighted by Gasteiger charge is -2.28. The normalized spacial score (nSPS) is 18.2. The summed E-state index contributed by atoms with van der Waals surface area (Å²) in [6.45, 7) is 9.21. The second-order valence-electron chi connectivity index (χ2n) is 11.6. The Hall–Kier alpha value is -3.72. The van der Waals surface area contributed by atoms with Gasteiger partial charge in [0.1, 0.15) is 11.4 Å². The Morgan fingerprint density at radius 1 is 1.15 bits per heavy atom. The molecule has 4 aromatic rings. The number of pyridine rings is 1. The number of benzene rings is 1. The lowest BCUT2D eigenvalue weighted by molar-refractivity contribution is 0.0498. The van der Waals surface area contributed by atoms with Crippen molar-refractivity contribution in [1.29, 1.82) is 0 Å². The van der Waals surface area contributed by atoms with Gasteiger partial charge in [0, 0.05) is 31.2 Å². The predicted molar refractivity (Wildman–Crippen MR) is 149 cm³/mol. The molecular formula is C30H36N6O3. The molecule has 204 valence electrons. The fourth-order valence-corrected chi connectivity index (χ4v) is 5.71. The molecule has 1 aliphatic carbocycles. The molecule has 6 rings (SSSR count). The summed E-state index contributed by atoms with van der Waals surface area (Å²) in [5, 5.41) is 7.87. The van der Waals surface area contributed by atoms with Gasteiger partial charge in [0.25, 0.3) is 0 Å². The molecule has 4 heterocycles. The standard InChI is InChI=1S/C30H36N6O3/c1-18-24(17-36(35-18)21-11-14-38-15-12-21)27-33-26-23(10-13-31-28(26)34-27)20-8-9-22-19(16-20)6-5-7-25(22)32-29(37)39-30(2,3)4/h8-10,13,16-17,21,25H,5-7,11-12,14-15H2,1-4H3,(H,32,37)(H,31,33,34). The highest BCUT2D eigenvalue weighted by molar-refractivity contribution is 5.91. The Bertz CT molecular complexity index is 1510. The molecule has 0 saturated carbocycles. The molecule has 2 aliphatic rings. The van der Waals surface area contributed by atoms with Crippen LogP contribution in [0.1, 0.15) is 75.4 Å². The van der Waals surface area contributed by atoms with Gasteiger partial charge >= 0.3 is 6.09 Å². The second kappa shape index (κ2) is 10.1. The van der Waals surface area contributed by atoms with Crippen LogP contribution in [0.4, 0.5) is 4.79 Å². The number of hydrogen-bond donors (Lipinski definition) is 2. The van der Waals surface area contributed by atoms with Crippen LogP contribution >= 0.6 is 0 Å². The Labute approximate surface area is 228 Å². The van der Waals surface area contributed by atoms with Gasteiger partial charge in [-0.2, -0.15) is 5.10 Å². The zero-order valence-corrected chi connectivity index (χ0v) is 23.1. The SMILES string of the molecule is Cc1nn(C2CCOCC2)cc1-c1nc2nccc(-c3ccc4c(c3)CCCC4NC(=O)OC(C)(C)C)c2[nH]1. The monoisotopic (exact) mass is 528 g/mol. The third-order valence-corrected chi connectivity index (χ3v) is 7.59. The summed E-state index contributed by atoms with van der Waals surface area (Å²) in [6, 6.07) is 8.83. The van der Waals surface area contributed by atoms with Gasteiger partial charge in [-0.25, -0.2) is 14.8 Å². The number of H-pyrrole nitrogens is 1. The fourth-order valence-electron chi connectivity index (χ4n) is 5.71. The highest BCUT2D eigenvalue weighted by Crippen LogP contribution is 2.36. The minimum Gasteiger partial charge on any atom is -0.444 e. The first-order chi connectivity index (χ1) is 18.7. The zero-order valence-electron chi connectivity index (χ0n) is 23.1. The molecule has 1 aromatic carbocycles. The number of aryl methyl sites for hydroxylation is 2. The van der Waals surface area contributed by atoms with E-state index < -0.39 is 5.60 Å². The molecule has 1 amide bonds. The molecule has 9 nitrogen and oxygen atoms in total. The molecule has 1 atom stereocenters. The minimum absolute atomic E-state index is 0.0518. The van der Waals surface area contributed by atoms with Gasteiger partial charge < -0.3 is 19.8 Å². The van der Waals surface area contributed by atoms with E-state index in [0.717, 1.165) is 84.6 Å². The van der Waals surface area contributed by atoms with Gasteiger partial charge in [-0.05, 0) is 82.6 Å². The average Bonchev–Trinajstić information content (AvgIpc) is 3.51. The molecule has 2 N–H and O–H groups in total. The van der Waals surface area contributed by atoms with Gasteiger partial charge in [-0.3, -0.25) is 4.68 Å². The lowest BCUT2D eigenvalue weighted by atomic mass is 9.85. The van der Waals surface area contributed by atoms with Crippen molar-refractivity contribution in [2.45, 2.75) is 77.5 Å². The van der Waals surface area contributed by atoms with Gasteiger partial charge in [0.15, 0.2) is 5.65 Å². The fraction of sp³-hybridized carbons (Fsp3) is 0.467. The zero-order chi connectivity index (χ0) is 27.1. The molecule has 3 aromatic heterocycles. The number of carbonyl (C=O) groups is 1. The number of nitrogens with zero attached hydrogens (tertiary/aromatic N) is 4. The Balaban J connectivity index is 1.29. The second-order valence-corrected chi connectivity index (χ2v) is 11.6. The molecule has 39 heavy (non-hydrogen) atoms. The number of nitrogens with one attached hydrogen (secondary N) is 2. The first kappa shape index (κ1) is 25.6. The van der Waals surface area contributed by atoms with Crippen molar-refractivity contribution in [2.24, 2.45) is 0 Å². The number of hydrogen-bond acceptors (Lipinski definition) is 6. The topological polar surface area (TPSA) is 107 Å². The van der Waals surface area contributed by atoms with Crippen LogP contribution in [0.25, 0.3) is 33.7 Å². The summed E-state index contributed by atoms with van der Waals surface area (Å²) in [4.78, 5) is 25.4. The summed E-state index contributed by atoms with van der Waals surface area (Å²) in [5.74, 6) is 0.778. The Morgan fingerprint density at radius 3 is 2.77 bits per heavy atom. The van der Waals surface area contributed by atoms with E-state index in [1.54, 1.807) is 0 Å². The number of amides is 1. The number of alkyl carbamates (subject to hydrolysis) is 1. The Kier molecular flexibility index (Phi) is 6.62. The van der Waals surface area contributed by atoms with Gasteiger partial charge in [-0.15, -0.1) is 0 Å². The van der Waals surface area contributed by atoms with Crippen molar-refractivity contribution < 1.29 is 14.3 Å². The molecule has 0 spiro atoms. The van der Waals surface area contributed by atoms with Gasteiger partial charge in [-0.1, -0.05) is 18.2 Å². The largest absolute Gasteiger partial charge is 0.444 e. The first-order valence-corrected chi connectivity index (χ1v) is 13.9. The lowest BCUT2D eigenvalue weighted by Crippen LogP contribution is -2.36. The van der Waals surface area contributed by atoms with Crippen LogP contribution in [0.3, 0.4) is 0 Å². The highest BCUT2D eigenvalue weighted by atomic mass is 16.6. The summed E-state index contributed by atoms with van der Waals surface area (Å²) in [5.41, 5.74) is 7.56. The number of fused-ring (bicyclic) bond motifs is 2. The molecule has 9 heteroatoms. The molecule has 0 radical (unpaired) electrons. The maximum Gasteiger partial charge on any atom is 0.408 e. The van der Waals surface area contributed by atoms with E-state index in [-0.39, 0.29) is 12.1 Å². The van der Waals surface area contributed by atoms with Crippen molar-refractivity contribution in [3.8, 4) is 22.5 Å². The summed E-state index contributed by atoms with van der Waals surface area (Å²) >= 11 is 0. The molecular weight excluding hydrogens is 492 g/mol. The van der Waals surface area contributed by atoms with Gasteiger partial charge in [0.05, 0.1) is 28.9 Å². The third-order valence-electron chi connectivity index (χ3n) is 7.59. The van der Waals surface area contributed by atoms with E-state index in [0.29, 0.717) is 11.7 Å². The molecule has 1 unspecified atom stereocenters. The van der Waals surface area contributed by atoms with Crippen LogP contribution in [0.5, 0.6) is 0 Å². The Morgan fingerprint density at radius 2 is 1.97 bits per heavy atom. The van der Waals surface area contributed by atoms with E-state index in [1.165, 1.54) is 5.56 Å². The van der Waals surface area contributed by atoms with E-state index in [2.05, 4.69) is 44.4 Å². The minimum atomic E-state index is -0.525. The maximum absolute atomic E-state index is 12.4. The van der Waals surface area contributed by atoms with E-state index in [9.17, 15) is 4.79 Å². The maximum atomic E-state index is 12.4. The molecule has 1 fully saturated rings. The van der Waals surface area contributed by atoms with E-state index in [4.69, 9.17) is 19.6 Å². The number of carbonyl (C=O) groups excluding carboxylic acids is 1. The molecule has 1 saturated heterocycles. The number of rotatable bonds is 4. The number of imidazole rings is 1. The third kappa shape index (κ3) is 5.28. The van der Waals surface area contributed by atoms with E-state index >= 15 is 0 Å². The summed E-state index contributed by atoms with van der Waals surface area (Å²) in [6.07, 6.45) is 8.36.